The molecule has 3 amide bonds. The van der Waals surface area contributed by atoms with E-state index in [0.717, 1.165) is 30.6 Å². The summed E-state index contributed by atoms with van der Waals surface area (Å²) in [4.78, 5) is 37.9. The number of nitrogens with zero attached hydrogens (tertiary/aromatic N) is 1. The molecule has 1 unspecified atom stereocenters. The first-order valence-corrected chi connectivity index (χ1v) is 9.17. The summed E-state index contributed by atoms with van der Waals surface area (Å²) >= 11 is 0. The van der Waals surface area contributed by atoms with E-state index in [2.05, 4.69) is 22.9 Å². The van der Waals surface area contributed by atoms with Crippen LogP contribution < -0.4 is 16.0 Å². The van der Waals surface area contributed by atoms with Gasteiger partial charge >= 0.3 is 0 Å². The standard InChI is InChI=1S/C19H24N4O3/c1-19(6-7-20-11-19)21-9-12-2-3-13-10-23(18(26)14(13)8-12)15-4-5-16(24)22-17(15)25/h2-3,8,15,20-21H,4-7,9-11H2,1H3,(H,22,24,25)/t15?,19-/m1/s1. The van der Waals surface area contributed by atoms with Crippen molar-refractivity contribution in [2.24, 2.45) is 0 Å². The van der Waals surface area contributed by atoms with Crippen molar-refractivity contribution in [3.05, 3.63) is 34.9 Å². The monoisotopic (exact) mass is 356 g/mol. The summed E-state index contributed by atoms with van der Waals surface area (Å²) in [6, 6.07) is 5.39. The molecular formula is C19H24N4O3. The van der Waals surface area contributed by atoms with E-state index < -0.39 is 6.04 Å². The van der Waals surface area contributed by atoms with Gasteiger partial charge in [-0.15, -0.1) is 0 Å². The van der Waals surface area contributed by atoms with E-state index in [9.17, 15) is 14.4 Å². The normalized spacial score (nSPS) is 28.4. The average Bonchev–Trinajstić information content (AvgIpc) is 3.18. The van der Waals surface area contributed by atoms with Gasteiger partial charge < -0.3 is 15.5 Å². The molecule has 1 aromatic rings. The van der Waals surface area contributed by atoms with Crippen molar-refractivity contribution >= 4 is 17.7 Å². The van der Waals surface area contributed by atoms with Gasteiger partial charge in [-0.05, 0) is 43.5 Å². The van der Waals surface area contributed by atoms with Crippen molar-refractivity contribution in [1.82, 2.24) is 20.9 Å². The van der Waals surface area contributed by atoms with Gasteiger partial charge in [0.25, 0.3) is 5.91 Å². The van der Waals surface area contributed by atoms with Crippen LogP contribution in [0.25, 0.3) is 0 Å². The number of amides is 3. The minimum Gasteiger partial charge on any atom is -0.322 e. The first-order valence-electron chi connectivity index (χ1n) is 9.17. The first-order chi connectivity index (χ1) is 12.5. The van der Waals surface area contributed by atoms with Crippen LogP contribution in [-0.4, -0.2) is 47.3 Å². The molecule has 2 fully saturated rings. The second-order valence-corrected chi connectivity index (χ2v) is 7.73. The van der Waals surface area contributed by atoms with Crippen LogP contribution in [0.1, 0.15) is 47.7 Å². The molecule has 3 N–H and O–H groups in total. The smallest absolute Gasteiger partial charge is 0.255 e. The Labute approximate surface area is 152 Å². The van der Waals surface area contributed by atoms with Crippen LogP contribution in [0.4, 0.5) is 0 Å². The first kappa shape index (κ1) is 17.2. The van der Waals surface area contributed by atoms with Gasteiger partial charge in [0.1, 0.15) is 6.04 Å². The van der Waals surface area contributed by atoms with Crippen molar-refractivity contribution < 1.29 is 14.4 Å². The Balaban J connectivity index is 1.47. The summed E-state index contributed by atoms with van der Waals surface area (Å²) in [7, 11) is 0. The molecule has 0 bridgehead atoms. The van der Waals surface area contributed by atoms with Gasteiger partial charge in [0.2, 0.25) is 11.8 Å². The maximum Gasteiger partial charge on any atom is 0.255 e. The number of nitrogens with one attached hydrogen (secondary N) is 3. The lowest BCUT2D eigenvalue weighted by Gasteiger charge is -2.29. The predicted octanol–water partition coefficient (Wildman–Crippen LogP) is 0.289. The molecule has 2 saturated heterocycles. The highest BCUT2D eigenvalue weighted by Gasteiger charge is 2.39. The summed E-state index contributed by atoms with van der Waals surface area (Å²) < 4.78 is 0. The zero-order valence-corrected chi connectivity index (χ0v) is 14.9. The molecule has 3 aliphatic heterocycles. The van der Waals surface area contributed by atoms with Crippen molar-refractivity contribution in [2.45, 2.75) is 50.9 Å². The molecule has 0 radical (unpaired) electrons. The molecule has 4 rings (SSSR count). The highest BCUT2D eigenvalue weighted by atomic mass is 16.2. The lowest BCUT2D eigenvalue weighted by Crippen LogP contribution is -2.52. The topological polar surface area (TPSA) is 90.5 Å². The average molecular weight is 356 g/mol. The Kier molecular flexibility index (Phi) is 4.28. The predicted molar refractivity (Wildman–Crippen MR) is 95.2 cm³/mol. The van der Waals surface area contributed by atoms with Crippen LogP contribution in [0.15, 0.2) is 18.2 Å². The molecule has 138 valence electrons. The highest BCUT2D eigenvalue weighted by Crippen LogP contribution is 2.28. The molecule has 0 aromatic heterocycles. The van der Waals surface area contributed by atoms with Gasteiger partial charge in [-0.1, -0.05) is 12.1 Å². The summed E-state index contributed by atoms with van der Waals surface area (Å²) in [6.07, 6.45) is 1.75. The third kappa shape index (κ3) is 3.12. The third-order valence-corrected chi connectivity index (χ3v) is 5.68. The lowest BCUT2D eigenvalue weighted by molar-refractivity contribution is -0.136. The molecule has 1 aromatic carbocycles. The molecular weight excluding hydrogens is 332 g/mol. The van der Waals surface area contributed by atoms with Gasteiger partial charge in [-0.25, -0.2) is 0 Å². The van der Waals surface area contributed by atoms with Crippen LogP contribution in [-0.2, 0) is 22.7 Å². The zero-order chi connectivity index (χ0) is 18.3. The molecule has 2 atom stereocenters. The number of benzene rings is 1. The summed E-state index contributed by atoms with van der Waals surface area (Å²) in [5.74, 6) is -0.755. The Hall–Kier alpha value is -2.25. The second-order valence-electron chi connectivity index (χ2n) is 7.73. The van der Waals surface area contributed by atoms with Crippen LogP contribution >= 0.6 is 0 Å². The fourth-order valence-corrected chi connectivity index (χ4v) is 4.00. The highest BCUT2D eigenvalue weighted by molar-refractivity contribution is 6.05. The number of rotatable bonds is 4. The van der Waals surface area contributed by atoms with Gasteiger partial charge in [0, 0.05) is 37.2 Å². The Morgan fingerprint density at radius 2 is 2.15 bits per heavy atom. The molecule has 0 spiro atoms. The molecule has 26 heavy (non-hydrogen) atoms. The Morgan fingerprint density at radius 1 is 1.31 bits per heavy atom. The van der Waals surface area contributed by atoms with E-state index in [-0.39, 0.29) is 29.7 Å². The maximum atomic E-state index is 12.8. The fraction of sp³-hybridized carbons (Fsp3) is 0.526. The van der Waals surface area contributed by atoms with Gasteiger partial charge in [0.05, 0.1) is 0 Å². The molecule has 0 saturated carbocycles. The molecule has 7 heteroatoms. The van der Waals surface area contributed by atoms with Gasteiger partial charge in [-0.2, -0.15) is 0 Å². The number of carbonyl (C=O) groups is 3. The number of hydrogen-bond donors (Lipinski definition) is 3. The lowest BCUT2D eigenvalue weighted by atomic mass is 10.0. The Bertz CT molecular complexity index is 770. The number of hydrogen-bond acceptors (Lipinski definition) is 5. The minimum atomic E-state index is -0.558. The van der Waals surface area contributed by atoms with Crippen LogP contribution in [0.2, 0.25) is 0 Å². The number of imide groups is 1. The van der Waals surface area contributed by atoms with E-state index in [1.807, 2.05) is 18.2 Å². The molecule has 3 heterocycles. The number of carbonyl (C=O) groups excluding carboxylic acids is 3. The summed E-state index contributed by atoms with van der Waals surface area (Å²) in [5.41, 5.74) is 2.76. The maximum absolute atomic E-state index is 12.8. The largest absolute Gasteiger partial charge is 0.322 e. The van der Waals surface area contributed by atoms with Gasteiger partial charge in [-0.3, -0.25) is 19.7 Å². The SMILES string of the molecule is C[C@@]1(NCc2ccc3c(c2)C(=O)N(C2CCC(=O)NC2=O)C3)CCNC1. The van der Waals surface area contributed by atoms with Crippen LogP contribution in [0.5, 0.6) is 0 Å². The fourth-order valence-electron chi connectivity index (χ4n) is 4.00. The van der Waals surface area contributed by atoms with E-state index >= 15 is 0 Å². The van der Waals surface area contributed by atoms with E-state index in [0.29, 0.717) is 25.1 Å². The number of piperidine rings is 1. The van der Waals surface area contributed by atoms with E-state index in [1.165, 1.54) is 0 Å². The minimum absolute atomic E-state index is 0.0851. The second kappa shape index (κ2) is 6.48. The number of fused-ring (bicyclic) bond motifs is 1. The van der Waals surface area contributed by atoms with Gasteiger partial charge in [0.15, 0.2) is 0 Å². The zero-order valence-electron chi connectivity index (χ0n) is 14.9. The van der Waals surface area contributed by atoms with E-state index in [1.54, 1.807) is 4.90 Å². The summed E-state index contributed by atoms with van der Waals surface area (Å²) in [5, 5.41) is 9.27. The molecule has 7 nitrogen and oxygen atoms in total. The quantitative estimate of drug-likeness (QED) is 0.675. The Morgan fingerprint density at radius 3 is 2.88 bits per heavy atom. The van der Waals surface area contributed by atoms with Crippen LogP contribution in [0, 0.1) is 0 Å². The molecule has 0 aliphatic carbocycles. The van der Waals surface area contributed by atoms with E-state index in [4.69, 9.17) is 0 Å². The third-order valence-electron chi connectivity index (χ3n) is 5.68. The van der Waals surface area contributed by atoms with Crippen molar-refractivity contribution in [2.75, 3.05) is 13.1 Å². The molecule has 3 aliphatic rings. The van der Waals surface area contributed by atoms with Crippen molar-refractivity contribution in [1.29, 1.82) is 0 Å². The van der Waals surface area contributed by atoms with Crippen molar-refractivity contribution in [3.63, 3.8) is 0 Å². The van der Waals surface area contributed by atoms with Crippen molar-refractivity contribution in [3.8, 4) is 0 Å². The summed E-state index contributed by atoms with van der Waals surface area (Å²) in [6.45, 7) is 5.30. The van der Waals surface area contributed by atoms with Crippen LogP contribution in [0.3, 0.4) is 0 Å².